The van der Waals surface area contributed by atoms with E-state index >= 15 is 0 Å². The average molecular weight is 286 g/mol. The second kappa shape index (κ2) is 8.42. The van der Waals surface area contributed by atoms with E-state index in [1.807, 2.05) is 0 Å². The SMILES string of the molecule is CCCCCC/N=C1\CCCC(S[Si](C)(C)C)C1. The summed E-state index contributed by atoms with van der Waals surface area (Å²) >= 11 is 2.29. The Balaban J connectivity index is 2.27. The molecule has 0 aromatic heterocycles. The van der Waals surface area contributed by atoms with Crippen molar-refractivity contribution in [1.82, 2.24) is 0 Å². The molecule has 0 bridgehead atoms. The van der Waals surface area contributed by atoms with Gasteiger partial charge in [-0.1, -0.05) is 45.8 Å². The summed E-state index contributed by atoms with van der Waals surface area (Å²) in [6.45, 7) is 10.8. The summed E-state index contributed by atoms with van der Waals surface area (Å²) in [5.41, 5.74) is 1.52. The molecule has 106 valence electrons. The molecule has 1 saturated carbocycles. The molecule has 0 radical (unpaired) electrons. The van der Waals surface area contributed by atoms with Gasteiger partial charge in [0.1, 0.15) is 7.22 Å². The van der Waals surface area contributed by atoms with E-state index in [0.717, 1.165) is 11.8 Å². The van der Waals surface area contributed by atoms with E-state index in [1.54, 1.807) is 0 Å². The van der Waals surface area contributed by atoms with Crippen molar-refractivity contribution in [3.63, 3.8) is 0 Å². The molecule has 1 unspecified atom stereocenters. The van der Waals surface area contributed by atoms with Crippen LogP contribution in [0, 0.1) is 0 Å². The van der Waals surface area contributed by atoms with Crippen LogP contribution in [0.15, 0.2) is 4.99 Å². The molecule has 0 saturated heterocycles. The zero-order valence-electron chi connectivity index (χ0n) is 12.8. The fourth-order valence-corrected chi connectivity index (χ4v) is 7.68. The van der Waals surface area contributed by atoms with E-state index in [4.69, 9.17) is 4.99 Å². The van der Waals surface area contributed by atoms with Crippen molar-refractivity contribution < 1.29 is 0 Å². The van der Waals surface area contributed by atoms with Gasteiger partial charge in [0.2, 0.25) is 0 Å². The van der Waals surface area contributed by atoms with E-state index in [0.29, 0.717) is 0 Å². The van der Waals surface area contributed by atoms with Crippen molar-refractivity contribution >= 4 is 24.1 Å². The first-order valence-corrected chi connectivity index (χ1v) is 12.8. The number of unbranched alkanes of at least 4 members (excludes halogenated alkanes) is 3. The van der Waals surface area contributed by atoms with Crippen LogP contribution in [0.5, 0.6) is 0 Å². The first-order chi connectivity index (χ1) is 8.51. The highest BCUT2D eigenvalue weighted by molar-refractivity contribution is 8.29. The van der Waals surface area contributed by atoms with Gasteiger partial charge in [-0.2, -0.15) is 11.2 Å². The van der Waals surface area contributed by atoms with Gasteiger partial charge in [0.25, 0.3) is 0 Å². The maximum atomic E-state index is 4.85. The van der Waals surface area contributed by atoms with Crippen LogP contribution in [0.2, 0.25) is 19.6 Å². The number of hydrogen-bond acceptors (Lipinski definition) is 2. The second-order valence-corrected chi connectivity index (χ2v) is 16.0. The summed E-state index contributed by atoms with van der Waals surface area (Å²) in [6.07, 6.45) is 10.7. The van der Waals surface area contributed by atoms with Crippen molar-refractivity contribution in [2.45, 2.75) is 83.2 Å². The van der Waals surface area contributed by atoms with Crippen molar-refractivity contribution in [2.75, 3.05) is 6.54 Å². The summed E-state index contributed by atoms with van der Waals surface area (Å²) in [5.74, 6) is 0. The first-order valence-electron chi connectivity index (χ1n) is 7.71. The first kappa shape index (κ1) is 16.3. The molecule has 3 heteroatoms. The molecule has 0 aromatic rings. The monoisotopic (exact) mass is 285 g/mol. The zero-order valence-corrected chi connectivity index (χ0v) is 14.6. The molecule has 1 aliphatic rings. The molecule has 0 spiro atoms. The highest BCUT2D eigenvalue weighted by Gasteiger charge is 2.24. The lowest BCUT2D eigenvalue weighted by atomic mass is 9.98. The summed E-state index contributed by atoms with van der Waals surface area (Å²) in [5, 5.41) is 0.875. The van der Waals surface area contributed by atoms with Crippen LogP contribution in [-0.2, 0) is 0 Å². The van der Waals surface area contributed by atoms with E-state index in [-0.39, 0.29) is 0 Å². The summed E-state index contributed by atoms with van der Waals surface area (Å²) < 4.78 is 0. The fraction of sp³-hybridized carbons (Fsp3) is 0.933. The van der Waals surface area contributed by atoms with E-state index in [1.165, 1.54) is 57.1 Å². The minimum absolute atomic E-state index is 0.875. The van der Waals surface area contributed by atoms with Gasteiger partial charge in [-0.3, -0.25) is 4.99 Å². The molecule has 1 aliphatic carbocycles. The minimum Gasteiger partial charge on any atom is -0.294 e. The number of rotatable bonds is 7. The Hall–Kier alpha value is 0.237. The van der Waals surface area contributed by atoms with Gasteiger partial charge < -0.3 is 0 Å². The topological polar surface area (TPSA) is 12.4 Å². The Bertz CT molecular complexity index is 258. The highest BCUT2D eigenvalue weighted by Crippen LogP contribution is 2.33. The van der Waals surface area contributed by atoms with Crippen LogP contribution >= 0.6 is 11.2 Å². The fourth-order valence-electron chi connectivity index (χ4n) is 2.52. The van der Waals surface area contributed by atoms with Crippen LogP contribution in [0.4, 0.5) is 0 Å². The number of nitrogens with zero attached hydrogens (tertiary/aromatic N) is 1. The lowest BCUT2D eigenvalue weighted by molar-refractivity contribution is 0.657. The Morgan fingerprint density at radius 1 is 1.22 bits per heavy atom. The summed E-state index contributed by atoms with van der Waals surface area (Å²) in [4.78, 5) is 4.85. The Kier molecular flexibility index (Phi) is 7.62. The molecule has 0 aromatic carbocycles. The van der Waals surface area contributed by atoms with E-state index in [9.17, 15) is 0 Å². The number of aliphatic imine (C=N–C) groups is 1. The largest absolute Gasteiger partial charge is 0.294 e. The van der Waals surface area contributed by atoms with Gasteiger partial charge in [-0.05, 0) is 32.1 Å². The smallest absolute Gasteiger partial charge is 0.108 e. The van der Waals surface area contributed by atoms with Gasteiger partial charge in [-0.25, -0.2) is 0 Å². The lowest BCUT2D eigenvalue weighted by Gasteiger charge is -2.28. The highest BCUT2D eigenvalue weighted by atomic mass is 32.4. The van der Waals surface area contributed by atoms with Crippen LogP contribution < -0.4 is 0 Å². The van der Waals surface area contributed by atoms with Gasteiger partial charge in [0, 0.05) is 17.5 Å². The molecule has 0 N–H and O–H groups in total. The Labute approximate surface area is 119 Å². The third-order valence-corrected chi connectivity index (χ3v) is 7.89. The standard InChI is InChI=1S/C15H31NSSi/c1-5-6-7-8-12-16-14-10-9-11-15(13-14)17-18(2,3)4/h15H,5-13H2,1-4H3/b16-14+. The van der Waals surface area contributed by atoms with Crippen LogP contribution in [0.25, 0.3) is 0 Å². The minimum atomic E-state index is -0.961. The van der Waals surface area contributed by atoms with E-state index in [2.05, 4.69) is 37.8 Å². The molecular weight excluding hydrogens is 254 g/mol. The Morgan fingerprint density at radius 2 is 2.00 bits per heavy atom. The normalized spacial score (nSPS) is 23.6. The molecular formula is C15H31NSSi. The van der Waals surface area contributed by atoms with Crippen molar-refractivity contribution in [3.8, 4) is 0 Å². The molecule has 0 heterocycles. The third-order valence-electron chi connectivity index (χ3n) is 3.32. The molecule has 0 amide bonds. The Morgan fingerprint density at radius 3 is 2.67 bits per heavy atom. The number of hydrogen-bond donors (Lipinski definition) is 0. The molecule has 18 heavy (non-hydrogen) atoms. The molecule has 1 fully saturated rings. The van der Waals surface area contributed by atoms with Crippen molar-refractivity contribution in [2.24, 2.45) is 4.99 Å². The second-order valence-electron chi connectivity index (χ2n) is 6.46. The van der Waals surface area contributed by atoms with Crippen molar-refractivity contribution in [1.29, 1.82) is 0 Å². The predicted molar refractivity (Wildman–Crippen MR) is 89.6 cm³/mol. The molecule has 1 rings (SSSR count). The van der Waals surface area contributed by atoms with Crippen molar-refractivity contribution in [3.05, 3.63) is 0 Å². The van der Waals surface area contributed by atoms with Crippen LogP contribution in [0.3, 0.4) is 0 Å². The lowest BCUT2D eigenvalue weighted by Crippen LogP contribution is -2.25. The average Bonchev–Trinajstić information content (AvgIpc) is 2.27. The maximum absolute atomic E-state index is 4.85. The molecule has 1 nitrogen and oxygen atoms in total. The maximum Gasteiger partial charge on any atom is 0.108 e. The third kappa shape index (κ3) is 7.62. The van der Waals surface area contributed by atoms with Gasteiger partial charge in [0.15, 0.2) is 0 Å². The summed E-state index contributed by atoms with van der Waals surface area (Å²) in [7, 11) is -0.961. The van der Waals surface area contributed by atoms with Gasteiger partial charge in [0.05, 0.1) is 0 Å². The van der Waals surface area contributed by atoms with Crippen LogP contribution in [-0.4, -0.2) is 24.7 Å². The molecule has 1 atom stereocenters. The van der Waals surface area contributed by atoms with Gasteiger partial charge >= 0.3 is 0 Å². The van der Waals surface area contributed by atoms with Crippen LogP contribution in [0.1, 0.15) is 58.3 Å². The quantitative estimate of drug-likeness (QED) is 0.443. The zero-order chi connectivity index (χ0) is 13.4. The summed E-state index contributed by atoms with van der Waals surface area (Å²) in [6, 6.07) is 0. The molecule has 0 aliphatic heterocycles. The predicted octanol–water partition coefficient (Wildman–Crippen LogP) is 5.52. The van der Waals surface area contributed by atoms with E-state index < -0.39 is 7.22 Å². The van der Waals surface area contributed by atoms with Gasteiger partial charge in [-0.15, -0.1) is 0 Å².